The Hall–Kier alpha value is -0.610. The van der Waals surface area contributed by atoms with Crippen LogP contribution in [0.25, 0.3) is 0 Å². The summed E-state index contributed by atoms with van der Waals surface area (Å²) in [6, 6.07) is 0.935. The second-order valence-electron chi connectivity index (χ2n) is 5.98. The van der Waals surface area contributed by atoms with E-state index in [-0.39, 0.29) is 18.1 Å². The minimum atomic E-state index is -0.330. The number of β-amino-alcohol motifs (C(OH)–C–C–N with tert-alkyl or cyclic N) is 1. The third-order valence-corrected chi connectivity index (χ3v) is 4.53. The lowest BCUT2D eigenvalue weighted by atomic mass is 10.1. The van der Waals surface area contributed by atoms with Crippen LogP contribution in [-0.4, -0.2) is 58.1 Å². The number of rotatable bonds is 2. The van der Waals surface area contributed by atoms with Gasteiger partial charge in [0.15, 0.2) is 0 Å². The van der Waals surface area contributed by atoms with Gasteiger partial charge in [-0.25, -0.2) is 0 Å². The maximum Gasteiger partial charge on any atom is 0.239 e. The molecule has 104 valence electrons. The lowest BCUT2D eigenvalue weighted by molar-refractivity contribution is -0.140. The van der Waals surface area contributed by atoms with Gasteiger partial charge in [0, 0.05) is 25.2 Å². The number of aliphatic hydroxyl groups is 1. The Balaban J connectivity index is 1.99. The van der Waals surface area contributed by atoms with E-state index in [0.717, 1.165) is 19.4 Å². The average Bonchev–Trinajstić information content (AvgIpc) is 2.67. The number of carbonyl (C=O) groups is 1. The monoisotopic (exact) mass is 254 g/mol. The van der Waals surface area contributed by atoms with Gasteiger partial charge < -0.3 is 10.0 Å². The summed E-state index contributed by atoms with van der Waals surface area (Å²) in [4.78, 5) is 16.7. The standard InChI is InChI=1S/C14H26N2O2/c1-10-6-7-11(2)16(10)12(3)14(18)15-8-4-5-13(17)9-15/h10-13,17H,4-9H2,1-3H3. The largest absolute Gasteiger partial charge is 0.391 e. The third kappa shape index (κ3) is 2.69. The van der Waals surface area contributed by atoms with E-state index in [1.807, 2.05) is 11.8 Å². The average molecular weight is 254 g/mol. The molecule has 18 heavy (non-hydrogen) atoms. The Morgan fingerprint density at radius 1 is 1.22 bits per heavy atom. The summed E-state index contributed by atoms with van der Waals surface area (Å²) in [6.45, 7) is 7.74. The third-order valence-electron chi connectivity index (χ3n) is 4.53. The second-order valence-corrected chi connectivity index (χ2v) is 5.98. The number of piperidine rings is 1. The van der Waals surface area contributed by atoms with Gasteiger partial charge in [-0.2, -0.15) is 0 Å². The van der Waals surface area contributed by atoms with Gasteiger partial charge in [-0.05, 0) is 46.5 Å². The number of carbonyl (C=O) groups excluding carboxylic acids is 1. The maximum absolute atomic E-state index is 12.5. The SMILES string of the molecule is CC1CCC(C)N1C(C)C(=O)N1CCCC(O)C1. The molecule has 2 rings (SSSR count). The van der Waals surface area contributed by atoms with E-state index in [1.165, 1.54) is 12.8 Å². The van der Waals surface area contributed by atoms with Crippen molar-refractivity contribution < 1.29 is 9.90 Å². The minimum Gasteiger partial charge on any atom is -0.391 e. The van der Waals surface area contributed by atoms with Crippen molar-refractivity contribution in [1.82, 2.24) is 9.80 Å². The molecule has 0 spiro atoms. The molecule has 4 unspecified atom stereocenters. The number of aliphatic hydroxyl groups excluding tert-OH is 1. The van der Waals surface area contributed by atoms with Crippen molar-refractivity contribution in [3.05, 3.63) is 0 Å². The highest BCUT2D eigenvalue weighted by molar-refractivity contribution is 5.81. The van der Waals surface area contributed by atoms with Crippen molar-refractivity contribution in [2.24, 2.45) is 0 Å². The number of hydrogen-bond acceptors (Lipinski definition) is 3. The van der Waals surface area contributed by atoms with Gasteiger partial charge in [-0.1, -0.05) is 0 Å². The number of likely N-dealkylation sites (tertiary alicyclic amines) is 2. The zero-order valence-electron chi connectivity index (χ0n) is 11.8. The predicted molar refractivity (Wildman–Crippen MR) is 71.3 cm³/mol. The van der Waals surface area contributed by atoms with Crippen LogP contribution < -0.4 is 0 Å². The molecule has 4 atom stereocenters. The van der Waals surface area contributed by atoms with E-state index >= 15 is 0 Å². The van der Waals surface area contributed by atoms with E-state index < -0.39 is 0 Å². The van der Waals surface area contributed by atoms with Crippen LogP contribution in [0.15, 0.2) is 0 Å². The fourth-order valence-corrected chi connectivity index (χ4v) is 3.53. The molecule has 0 aliphatic carbocycles. The molecule has 2 aliphatic rings. The molecule has 0 saturated carbocycles. The second kappa shape index (κ2) is 5.57. The highest BCUT2D eigenvalue weighted by atomic mass is 16.3. The molecule has 0 bridgehead atoms. The topological polar surface area (TPSA) is 43.8 Å². The summed E-state index contributed by atoms with van der Waals surface area (Å²) in [5, 5.41) is 9.67. The van der Waals surface area contributed by atoms with Crippen molar-refractivity contribution in [3.63, 3.8) is 0 Å². The van der Waals surface area contributed by atoms with Gasteiger partial charge in [0.25, 0.3) is 0 Å². The Bertz CT molecular complexity index is 298. The molecule has 4 heteroatoms. The van der Waals surface area contributed by atoms with Crippen LogP contribution in [0.4, 0.5) is 0 Å². The van der Waals surface area contributed by atoms with Crippen molar-refractivity contribution >= 4 is 5.91 Å². The smallest absolute Gasteiger partial charge is 0.239 e. The molecule has 1 N–H and O–H groups in total. The van der Waals surface area contributed by atoms with Crippen molar-refractivity contribution in [2.75, 3.05) is 13.1 Å². The van der Waals surface area contributed by atoms with Gasteiger partial charge in [0.05, 0.1) is 12.1 Å². The fraction of sp³-hybridized carbons (Fsp3) is 0.929. The van der Waals surface area contributed by atoms with E-state index in [9.17, 15) is 9.90 Å². The zero-order valence-corrected chi connectivity index (χ0v) is 11.8. The van der Waals surface area contributed by atoms with Crippen molar-refractivity contribution in [2.45, 2.75) is 70.7 Å². The van der Waals surface area contributed by atoms with Crippen molar-refractivity contribution in [1.29, 1.82) is 0 Å². The van der Waals surface area contributed by atoms with Crippen LogP contribution in [0.1, 0.15) is 46.5 Å². The van der Waals surface area contributed by atoms with Crippen LogP contribution >= 0.6 is 0 Å². The fourth-order valence-electron chi connectivity index (χ4n) is 3.53. The van der Waals surface area contributed by atoms with E-state index in [1.54, 1.807) is 0 Å². The molecule has 1 amide bonds. The van der Waals surface area contributed by atoms with E-state index in [2.05, 4.69) is 18.7 Å². The molecule has 0 aromatic rings. The Kier molecular flexibility index (Phi) is 4.28. The molecule has 2 aliphatic heterocycles. The summed E-state index contributed by atoms with van der Waals surface area (Å²) in [5.74, 6) is 0.189. The predicted octanol–water partition coefficient (Wildman–Crippen LogP) is 1.23. The lowest BCUT2D eigenvalue weighted by Crippen LogP contribution is -2.53. The maximum atomic E-state index is 12.5. The molecule has 2 heterocycles. The van der Waals surface area contributed by atoms with E-state index in [0.29, 0.717) is 18.6 Å². The number of nitrogens with zero attached hydrogens (tertiary/aromatic N) is 2. The van der Waals surface area contributed by atoms with Crippen LogP contribution in [0.3, 0.4) is 0 Å². The molecule has 2 fully saturated rings. The first-order valence-electron chi connectivity index (χ1n) is 7.25. The summed E-state index contributed by atoms with van der Waals surface area (Å²) >= 11 is 0. The summed E-state index contributed by atoms with van der Waals surface area (Å²) in [6.07, 6.45) is 3.78. The number of amides is 1. The van der Waals surface area contributed by atoms with Gasteiger partial charge in [0.1, 0.15) is 0 Å². The van der Waals surface area contributed by atoms with Crippen LogP contribution in [0.5, 0.6) is 0 Å². The lowest BCUT2D eigenvalue weighted by Gasteiger charge is -2.37. The van der Waals surface area contributed by atoms with Crippen LogP contribution in [0, 0.1) is 0 Å². The first-order chi connectivity index (χ1) is 8.50. The molecule has 0 aromatic carbocycles. The molecule has 2 saturated heterocycles. The Morgan fingerprint density at radius 2 is 1.83 bits per heavy atom. The summed E-state index contributed by atoms with van der Waals surface area (Å²) < 4.78 is 0. The first-order valence-corrected chi connectivity index (χ1v) is 7.25. The zero-order chi connectivity index (χ0) is 13.3. The number of hydrogen-bond donors (Lipinski definition) is 1. The molecule has 0 radical (unpaired) electrons. The first kappa shape index (κ1) is 13.8. The molecule has 0 aromatic heterocycles. The Labute approximate surface area is 110 Å². The van der Waals surface area contributed by atoms with Crippen LogP contribution in [0.2, 0.25) is 0 Å². The van der Waals surface area contributed by atoms with Crippen molar-refractivity contribution in [3.8, 4) is 0 Å². The molecular weight excluding hydrogens is 228 g/mol. The van der Waals surface area contributed by atoms with Gasteiger partial charge in [0.2, 0.25) is 5.91 Å². The van der Waals surface area contributed by atoms with Gasteiger partial charge in [-0.15, -0.1) is 0 Å². The Morgan fingerprint density at radius 3 is 2.39 bits per heavy atom. The highest BCUT2D eigenvalue weighted by Gasteiger charge is 2.36. The summed E-state index contributed by atoms with van der Waals surface area (Å²) in [7, 11) is 0. The highest BCUT2D eigenvalue weighted by Crippen LogP contribution is 2.27. The van der Waals surface area contributed by atoms with Gasteiger partial charge in [-0.3, -0.25) is 9.69 Å². The molecule has 4 nitrogen and oxygen atoms in total. The molecular formula is C14H26N2O2. The van der Waals surface area contributed by atoms with Crippen LogP contribution in [-0.2, 0) is 4.79 Å². The van der Waals surface area contributed by atoms with E-state index in [4.69, 9.17) is 0 Å². The quantitative estimate of drug-likeness (QED) is 0.806. The normalized spacial score (nSPS) is 35.8. The minimum absolute atomic E-state index is 0.0530. The summed E-state index contributed by atoms with van der Waals surface area (Å²) in [5.41, 5.74) is 0. The van der Waals surface area contributed by atoms with Gasteiger partial charge >= 0.3 is 0 Å².